The van der Waals surface area contributed by atoms with Gasteiger partial charge in [0.05, 0.1) is 17.0 Å². The van der Waals surface area contributed by atoms with E-state index >= 15 is 0 Å². The summed E-state index contributed by atoms with van der Waals surface area (Å²) in [5.41, 5.74) is 1.64. The third-order valence-electron chi connectivity index (χ3n) is 2.92. The number of halogens is 1. The highest BCUT2D eigenvalue weighted by atomic mass is 79.9. The Labute approximate surface area is 123 Å². The molecule has 1 aromatic heterocycles. The highest BCUT2D eigenvalue weighted by Gasteiger charge is 2.16. The first-order chi connectivity index (χ1) is 9.22. The zero-order valence-electron chi connectivity index (χ0n) is 10.1. The summed E-state index contributed by atoms with van der Waals surface area (Å²) in [6.07, 6.45) is 0. The molecule has 0 radical (unpaired) electrons. The van der Waals surface area contributed by atoms with Crippen molar-refractivity contribution in [2.24, 2.45) is 0 Å². The molecule has 1 aromatic carbocycles. The van der Waals surface area contributed by atoms with Crippen molar-refractivity contribution in [3.05, 3.63) is 56.2 Å². The summed E-state index contributed by atoms with van der Waals surface area (Å²) in [4.78, 5) is 20.3. The molecule has 3 rings (SSSR count). The van der Waals surface area contributed by atoms with Gasteiger partial charge in [-0.25, -0.2) is 4.98 Å². The predicted octanol–water partition coefficient (Wildman–Crippen LogP) is 2.43. The smallest absolute Gasteiger partial charge is 0.255 e. The molecule has 0 spiro atoms. The summed E-state index contributed by atoms with van der Waals surface area (Å²) in [6, 6.07) is 8.08. The van der Waals surface area contributed by atoms with E-state index in [0.717, 1.165) is 26.4 Å². The molecule has 19 heavy (non-hydrogen) atoms. The molecule has 2 N–H and O–H groups in total. The SMILES string of the molecule is O=c1[nH]c(CSc2cccc(Br)c2)nc2c1CNC2. The third kappa shape index (κ3) is 2.91. The molecule has 0 unspecified atom stereocenters. The second-order valence-electron chi connectivity index (χ2n) is 4.29. The summed E-state index contributed by atoms with van der Waals surface area (Å²) >= 11 is 5.10. The fourth-order valence-electron chi connectivity index (χ4n) is 2.01. The van der Waals surface area contributed by atoms with Crippen LogP contribution in [0.25, 0.3) is 0 Å². The lowest BCUT2D eigenvalue weighted by atomic mass is 10.3. The van der Waals surface area contributed by atoms with Gasteiger partial charge in [0.25, 0.3) is 5.56 Å². The molecule has 4 nitrogen and oxygen atoms in total. The van der Waals surface area contributed by atoms with Crippen molar-refractivity contribution in [2.45, 2.75) is 23.7 Å². The van der Waals surface area contributed by atoms with Crippen LogP contribution in [0.15, 0.2) is 38.4 Å². The zero-order chi connectivity index (χ0) is 13.2. The Hall–Kier alpha value is -1.11. The maximum atomic E-state index is 11.8. The van der Waals surface area contributed by atoms with Crippen molar-refractivity contribution < 1.29 is 0 Å². The summed E-state index contributed by atoms with van der Waals surface area (Å²) in [6.45, 7) is 1.31. The molecule has 0 amide bonds. The largest absolute Gasteiger partial charge is 0.310 e. The van der Waals surface area contributed by atoms with E-state index in [2.05, 4.69) is 37.3 Å². The topological polar surface area (TPSA) is 57.8 Å². The van der Waals surface area contributed by atoms with Crippen molar-refractivity contribution in [1.82, 2.24) is 15.3 Å². The van der Waals surface area contributed by atoms with Gasteiger partial charge < -0.3 is 10.3 Å². The lowest BCUT2D eigenvalue weighted by Crippen LogP contribution is -2.17. The van der Waals surface area contributed by atoms with E-state index < -0.39 is 0 Å². The maximum Gasteiger partial charge on any atom is 0.255 e. The van der Waals surface area contributed by atoms with E-state index in [-0.39, 0.29) is 5.56 Å². The Kier molecular flexibility index (Phi) is 3.72. The maximum absolute atomic E-state index is 11.8. The second kappa shape index (κ2) is 5.48. The van der Waals surface area contributed by atoms with Crippen molar-refractivity contribution in [1.29, 1.82) is 0 Å². The summed E-state index contributed by atoms with van der Waals surface area (Å²) < 4.78 is 1.05. The zero-order valence-corrected chi connectivity index (χ0v) is 12.5. The van der Waals surface area contributed by atoms with E-state index in [0.29, 0.717) is 18.8 Å². The molecule has 0 aliphatic carbocycles. The van der Waals surface area contributed by atoms with Gasteiger partial charge in [-0.15, -0.1) is 11.8 Å². The van der Waals surface area contributed by atoms with Crippen LogP contribution in [-0.2, 0) is 18.8 Å². The van der Waals surface area contributed by atoms with Gasteiger partial charge in [0.1, 0.15) is 5.82 Å². The minimum atomic E-state index is -0.0140. The number of aromatic nitrogens is 2. The van der Waals surface area contributed by atoms with Crippen LogP contribution < -0.4 is 10.9 Å². The van der Waals surface area contributed by atoms with Crippen LogP contribution in [0.3, 0.4) is 0 Å². The van der Waals surface area contributed by atoms with Gasteiger partial charge >= 0.3 is 0 Å². The molecule has 0 bridgehead atoms. The van der Waals surface area contributed by atoms with Gasteiger partial charge in [0.2, 0.25) is 0 Å². The molecule has 0 fully saturated rings. The lowest BCUT2D eigenvalue weighted by Gasteiger charge is -2.04. The number of aromatic amines is 1. The number of benzene rings is 1. The van der Waals surface area contributed by atoms with Crippen molar-refractivity contribution >= 4 is 27.7 Å². The van der Waals surface area contributed by atoms with Crippen LogP contribution >= 0.6 is 27.7 Å². The highest BCUT2D eigenvalue weighted by molar-refractivity contribution is 9.10. The second-order valence-corrected chi connectivity index (χ2v) is 6.25. The Morgan fingerprint density at radius 2 is 2.26 bits per heavy atom. The Morgan fingerprint density at radius 1 is 1.37 bits per heavy atom. The third-order valence-corrected chi connectivity index (χ3v) is 4.41. The van der Waals surface area contributed by atoms with Crippen LogP contribution in [0, 0.1) is 0 Å². The normalized spacial score (nSPS) is 13.5. The quantitative estimate of drug-likeness (QED) is 0.844. The predicted molar refractivity (Wildman–Crippen MR) is 79.1 cm³/mol. The number of hydrogen-bond acceptors (Lipinski definition) is 4. The van der Waals surface area contributed by atoms with E-state index in [1.165, 1.54) is 0 Å². The van der Waals surface area contributed by atoms with Gasteiger partial charge in [-0.1, -0.05) is 22.0 Å². The number of thioether (sulfide) groups is 1. The van der Waals surface area contributed by atoms with Crippen molar-refractivity contribution in [3.8, 4) is 0 Å². The number of H-pyrrole nitrogens is 1. The van der Waals surface area contributed by atoms with Crippen molar-refractivity contribution in [3.63, 3.8) is 0 Å². The molecule has 1 aliphatic rings. The number of rotatable bonds is 3. The Morgan fingerprint density at radius 3 is 3.11 bits per heavy atom. The van der Waals surface area contributed by atoms with Crippen LogP contribution in [0.2, 0.25) is 0 Å². The molecule has 2 aromatic rings. The molecule has 2 heterocycles. The van der Waals surface area contributed by atoms with Gasteiger partial charge in [-0.3, -0.25) is 4.79 Å². The number of nitrogens with one attached hydrogen (secondary N) is 2. The molecule has 0 saturated carbocycles. The van der Waals surface area contributed by atoms with Crippen LogP contribution in [0.4, 0.5) is 0 Å². The standard InChI is InChI=1S/C13H12BrN3OS/c14-8-2-1-3-9(4-8)19-7-12-16-11-6-15-5-10(11)13(18)17-12/h1-4,15H,5-7H2,(H,16,17,18). The molecule has 0 atom stereocenters. The Balaban J connectivity index is 1.77. The molecule has 1 aliphatic heterocycles. The fourth-order valence-corrected chi connectivity index (χ4v) is 3.38. The molecular formula is C13H12BrN3OS. The minimum Gasteiger partial charge on any atom is -0.310 e. The summed E-state index contributed by atoms with van der Waals surface area (Å²) in [5.74, 6) is 1.40. The minimum absolute atomic E-state index is 0.0140. The Bertz CT molecular complexity index is 671. The van der Waals surface area contributed by atoms with Crippen molar-refractivity contribution in [2.75, 3.05) is 0 Å². The lowest BCUT2D eigenvalue weighted by molar-refractivity contribution is 0.756. The van der Waals surface area contributed by atoms with E-state index in [1.54, 1.807) is 11.8 Å². The van der Waals surface area contributed by atoms with E-state index in [4.69, 9.17) is 0 Å². The molecular weight excluding hydrogens is 326 g/mol. The van der Waals surface area contributed by atoms with E-state index in [1.807, 2.05) is 18.2 Å². The average molecular weight is 338 g/mol. The molecule has 98 valence electrons. The molecule has 0 saturated heterocycles. The van der Waals surface area contributed by atoms with Crippen LogP contribution in [0.5, 0.6) is 0 Å². The molecule has 6 heteroatoms. The van der Waals surface area contributed by atoms with Crippen LogP contribution in [0.1, 0.15) is 17.1 Å². The van der Waals surface area contributed by atoms with Gasteiger partial charge in [-0.2, -0.15) is 0 Å². The monoisotopic (exact) mass is 337 g/mol. The summed E-state index contributed by atoms with van der Waals surface area (Å²) in [7, 11) is 0. The van der Waals surface area contributed by atoms with Gasteiger partial charge in [0, 0.05) is 22.5 Å². The number of nitrogens with zero attached hydrogens (tertiary/aromatic N) is 1. The number of fused-ring (bicyclic) bond motifs is 1. The van der Waals surface area contributed by atoms with Crippen LogP contribution in [-0.4, -0.2) is 9.97 Å². The van der Waals surface area contributed by atoms with Gasteiger partial charge in [0.15, 0.2) is 0 Å². The van der Waals surface area contributed by atoms with Gasteiger partial charge in [-0.05, 0) is 18.2 Å². The first-order valence-electron chi connectivity index (χ1n) is 5.92. The average Bonchev–Trinajstić information content (AvgIpc) is 2.85. The first kappa shape index (κ1) is 12.9. The number of hydrogen-bond donors (Lipinski definition) is 2. The van der Waals surface area contributed by atoms with E-state index in [9.17, 15) is 4.79 Å². The first-order valence-corrected chi connectivity index (χ1v) is 7.70. The summed E-state index contributed by atoms with van der Waals surface area (Å²) in [5, 5.41) is 3.14. The highest BCUT2D eigenvalue weighted by Crippen LogP contribution is 2.24. The fraction of sp³-hybridized carbons (Fsp3) is 0.231.